The molecule has 0 aliphatic rings. The smallest absolute Gasteiger partial charge is 0.119 e. The molecule has 2 nitrogen and oxygen atoms in total. The molecule has 0 aliphatic heterocycles. The van der Waals surface area contributed by atoms with E-state index in [1.165, 1.54) is 32.1 Å². The highest BCUT2D eigenvalue weighted by Gasteiger charge is 1.99. The van der Waals surface area contributed by atoms with Crippen LogP contribution in [0.2, 0.25) is 0 Å². The Kier molecular flexibility index (Phi) is 8.31. The van der Waals surface area contributed by atoms with Crippen LogP contribution < -0.4 is 4.74 Å². The van der Waals surface area contributed by atoms with Gasteiger partial charge in [0.05, 0.1) is 12.7 Å². The van der Waals surface area contributed by atoms with E-state index in [1.807, 2.05) is 31.2 Å². The van der Waals surface area contributed by atoms with Gasteiger partial charge in [0.15, 0.2) is 0 Å². The molecule has 108 valence electrons. The van der Waals surface area contributed by atoms with Crippen LogP contribution >= 0.6 is 0 Å². The van der Waals surface area contributed by atoms with E-state index in [-0.39, 0.29) is 6.10 Å². The van der Waals surface area contributed by atoms with E-state index in [4.69, 9.17) is 4.74 Å². The second-order valence-corrected chi connectivity index (χ2v) is 5.31. The van der Waals surface area contributed by atoms with Gasteiger partial charge < -0.3 is 9.84 Å². The van der Waals surface area contributed by atoms with Crippen molar-refractivity contribution in [2.24, 2.45) is 0 Å². The minimum Gasteiger partial charge on any atom is -0.494 e. The molecule has 0 saturated heterocycles. The quantitative estimate of drug-likeness (QED) is 0.637. The lowest BCUT2D eigenvalue weighted by atomic mass is 10.1. The summed E-state index contributed by atoms with van der Waals surface area (Å²) in [7, 11) is 0. The van der Waals surface area contributed by atoms with E-state index in [9.17, 15) is 5.11 Å². The molecule has 1 N–H and O–H groups in total. The molecular weight excluding hydrogens is 236 g/mol. The first kappa shape index (κ1) is 16.0. The second kappa shape index (κ2) is 9.85. The van der Waals surface area contributed by atoms with E-state index in [0.717, 1.165) is 24.3 Å². The molecular formula is C17H28O2. The maximum absolute atomic E-state index is 9.31. The van der Waals surface area contributed by atoms with Crippen molar-refractivity contribution in [3.63, 3.8) is 0 Å². The third kappa shape index (κ3) is 7.89. The summed E-state index contributed by atoms with van der Waals surface area (Å²) < 4.78 is 5.71. The Morgan fingerprint density at radius 1 is 1.00 bits per heavy atom. The summed E-state index contributed by atoms with van der Waals surface area (Å²) in [5, 5.41) is 9.31. The molecule has 1 rings (SSSR count). The van der Waals surface area contributed by atoms with E-state index in [2.05, 4.69) is 6.92 Å². The van der Waals surface area contributed by atoms with Crippen LogP contribution in [0.4, 0.5) is 0 Å². The molecule has 0 spiro atoms. The van der Waals surface area contributed by atoms with E-state index < -0.39 is 0 Å². The first-order chi connectivity index (χ1) is 9.22. The van der Waals surface area contributed by atoms with Gasteiger partial charge in [0.1, 0.15) is 5.75 Å². The van der Waals surface area contributed by atoms with Crippen LogP contribution in [-0.4, -0.2) is 17.8 Å². The van der Waals surface area contributed by atoms with Gasteiger partial charge in [-0.15, -0.1) is 0 Å². The normalized spacial score (nSPS) is 12.4. The zero-order chi connectivity index (χ0) is 13.9. The van der Waals surface area contributed by atoms with Crippen molar-refractivity contribution in [1.29, 1.82) is 0 Å². The minimum atomic E-state index is -0.283. The van der Waals surface area contributed by atoms with Crippen LogP contribution in [0.3, 0.4) is 0 Å². The monoisotopic (exact) mass is 264 g/mol. The summed E-state index contributed by atoms with van der Waals surface area (Å²) in [6.45, 7) is 4.86. The number of hydrogen-bond acceptors (Lipinski definition) is 2. The minimum absolute atomic E-state index is 0.283. The number of rotatable bonds is 10. The Hall–Kier alpha value is -1.02. The fourth-order valence-corrected chi connectivity index (χ4v) is 2.14. The first-order valence-corrected chi connectivity index (χ1v) is 7.62. The second-order valence-electron chi connectivity index (χ2n) is 5.31. The molecule has 1 unspecified atom stereocenters. The zero-order valence-electron chi connectivity index (χ0n) is 12.4. The van der Waals surface area contributed by atoms with Crippen LogP contribution in [0.1, 0.15) is 57.9 Å². The number of benzene rings is 1. The molecule has 0 aliphatic carbocycles. The van der Waals surface area contributed by atoms with Crippen LogP contribution in [-0.2, 0) is 6.42 Å². The molecule has 2 heteroatoms. The highest BCUT2D eigenvalue weighted by Crippen LogP contribution is 2.14. The third-order valence-corrected chi connectivity index (χ3v) is 3.22. The third-order valence-electron chi connectivity index (χ3n) is 3.22. The van der Waals surface area contributed by atoms with Gasteiger partial charge >= 0.3 is 0 Å². The lowest BCUT2D eigenvalue weighted by Gasteiger charge is -2.08. The van der Waals surface area contributed by atoms with Gasteiger partial charge in [-0.05, 0) is 37.5 Å². The molecule has 1 aromatic carbocycles. The lowest BCUT2D eigenvalue weighted by molar-refractivity contribution is 0.195. The number of aliphatic hydroxyl groups excluding tert-OH is 1. The summed E-state index contributed by atoms with van der Waals surface area (Å²) in [6, 6.07) is 8.05. The Bertz CT molecular complexity index is 317. The van der Waals surface area contributed by atoms with Crippen LogP contribution in [0.15, 0.2) is 24.3 Å². The summed E-state index contributed by atoms with van der Waals surface area (Å²) in [5.41, 5.74) is 1.15. The number of hydrogen-bond donors (Lipinski definition) is 1. The maximum Gasteiger partial charge on any atom is 0.119 e. The Morgan fingerprint density at radius 2 is 1.63 bits per heavy atom. The average Bonchev–Trinajstić information content (AvgIpc) is 2.39. The van der Waals surface area contributed by atoms with Crippen LogP contribution in [0, 0.1) is 0 Å². The fourth-order valence-electron chi connectivity index (χ4n) is 2.14. The molecule has 0 saturated carbocycles. The van der Waals surface area contributed by atoms with Gasteiger partial charge in [-0.25, -0.2) is 0 Å². The highest BCUT2D eigenvalue weighted by molar-refractivity contribution is 5.27. The van der Waals surface area contributed by atoms with E-state index in [0.29, 0.717) is 6.42 Å². The van der Waals surface area contributed by atoms with E-state index in [1.54, 1.807) is 0 Å². The Morgan fingerprint density at radius 3 is 2.26 bits per heavy atom. The van der Waals surface area contributed by atoms with Gasteiger partial charge in [0, 0.05) is 0 Å². The summed E-state index contributed by atoms with van der Waals surface area (Å²) in [5.74, 6) is 0.933. The van der Waals surface area contributed by atoms with Crippen molar-refractivity contribution in [3.05, 3.63) is 29.8 Å². The molecule has 0 radical (unpaired) electrons. The first-order valence-electron chi connectivity index (χ1n) is 7.62. The van der Waals surface area contributed by atoms with Crippen molar-refractivity contribution in [2.75, 3.05) is 6.61 Å². The summed E-state index contributed by atoms with van der Waals surface area (Å²) in [6.07, 6.45) is 8.15. The number of ether oxygens (including phenoxy) is 1. The summed E-state index contributed by atoms with van der Waals surface area (Å²) >= 11 is 0. The molecule has 0 amide bonds. The SMILES string of the molecule is CCCCCCCCOc1ccc(CC(C)O)cc1. The molecule has 1 atom stereocenters. The topological polar surface area (TPSA) is 29.5 Å². The largest absolute Gasteiger partial charge is 0.494 e. The zero-order valence-corrected chi connectivity index (χ0v) is 12.4. The van der Waals surface area contributed by atoms with Gasteiger partial charge in [0.2, 0.25) is 0 Å². The predicted molar refractivity (Wildman–Crippen MR) is 80.7 cm³/mol. The molecule has 1 aromatic rings. The lowest BCUT2D eigenvalue weighted by Crippen LogP contribution is -2.04. The number of unbranched alkanes of at least 4 members (excludes halogenated alkanes) is 5. The maximum atomic E-state index is 9.31. The average molecular weight is 264 g/mol. The van der Waals surface area contributed by atoms with Crippen LogP contribution in [0.5, 0.6) is 5.75 Å². The van der Waals surface area contributed by atoms with Gasteiger partial charge in [0.25, 0.3) is 0 Å². The van der Waals surface area contributed by atoms with Crippen LogP contribution in [0.25, 0.3) is 0 Å². The molecule has 0 aromatic heterocycles. The standard InChI is InChI=1S/C17H28O2/c1-3-4-5-6-7-8-13-19-17-11-9-16(10-12-17)14-15(2)18/h9-12,15,18H,3-8,13-14H2,1-2H3. The van der Waals surface area contributed by atoms with Gasteiger partial charge in [-0.1, -0.05) is 51.2 Å². The van der Waals surface area contributed by atoms with Gasteiger partial charge in [-0.2, -0.15) is 0 Å². The molecule has 0 bridgehead atoms. The van der Waals surface area contributed by atoms with Crippen molar-refractivity contribution >= 4 is 0 Å². The molecule has 19 heavy (non-hydrogen) atoms. The fraction of sp³-hybridized carbons (Fsp3) is 0.647. The van der Waals surface area contributed by atoms with Crippen molar-refractivity contribution in [1.82, 2.24) is 0 Å². The van der Waals surface area contributed by atoms with Crippen molar-refractivity contribution < 1.29 is 9.84 Å². The Balaban J connectivity index is 2.12. The summed E-state index contributed by atoms with van der Waals surface area (Å²) in [4.78, 5) is 0. The van der Waals surface area contributed by atoms with Gasteiger partial charge in [-0.3, -0.25) is 0 Å². The molecule has 0 heterocycles. The number of aliphatic hydroxyl groups is 1. The Labute approximate surface area is 117 Å². The van der Waals surface area contributed by atoms with Crippen molar-refractivity contribution in [3.8, 4) is 5.75 Å². The molecule has 0 fully saturated rings. The van der Waals surface area contributed by atoms with E-state index >= 15 is 0 Å². The van der Waals surface area contributed by atoms with Crippen molar-refractivity contribution in [2.45, 2.75) is 64.9 Å². The highest BCUT2D eigenvalue weighted by atomic mass is 16.5. The predicted octanol–water partition coefficient (Wildman–Crippen LogP) is 4.35.